The third kappa shape index (κ3) is 3.13. The number of halogens is 2. The fourth-order valence-corrected chi connectivity index (χ4v) is 3.83. The van der Waals surface area contributed by atoms with E-state index in [1.54, 1.807) is 0 Å². The Morgan fingerprint density at radius 3 is 2.68 bits per heavy atom. The highest BCUT2D eigenvalue weighted by atomic mass is 35.5. The van der Waals surface area contributed by atoms with E-state index < -0.39 is 32.3 Å². The standard InChI is InChI=1S/C10H10ClFN2O4S/c11-6-3-8(12)10(9(4-6)14(15)16)13-7-1-2-19(17,18)5-7/h3-4,7,13H,1-2,5H2/t7-/m0/s1. The highest BCUT2D eigenvalue weighted by Gasteiger charge is 2.30. The second-order valence-corrected chi connectivity index (χ2v) is 6.95. The van der Waals surface area contributed by atoms with Crippen LogP contribution in [0.15, 0.2) is 12.1 Å². The van der Waals surface area contributed by atoms with Crippen molar-refractivity contribution in [1.29, 1.82) is 0 Å². The monoisotopic (exact) mass is 308 g/mol. The Balaban J connectivity index is 2.32. The molecule has 1 N–H and O–H groups in total. The Hall–Kier alpha value is -1.41. The number of anilines is 1. The molecular weight excluding hydrogens is 299 g/mol. The average molecular weight is 309 g/mol. The first-order chi connectivity index (χ1) is 8.78. The Bertz CT molecular complexity index is 635. The summed E-state index contributed by atoms with van der Waals surface area (Å²) in [5.41, 5.74) is -0.828. The number of hydrogen-bond acceptors (Lipinski definition) is 5. The first-order valence-corrected chi connectivity index (χ1v) is 7.59. The SMILES string of the molecule is O=[N+]([O-])c1cc(Cl)cc(F)c1N[C@H]1CCS(=O)(=O)C1. The molecule has 104 valence electrons. The van der Waals surface area contributed by atoms with Gasteiger partial charge in [0.05, 0.1) is 21.5 Å². The van der Waals surface area contributed by atoms with Crippen LogP contribution in [0.4, 0.5) is 15.8 Å². The summed E-state index contributed by atoms with van der Waals surface area (Å²) in [5, 5.41) is 13.3. The highest BCUT2D eigenvalue weighted by Crippen LogP contribution is 2.32. The number of nitrogens with zero attached hydrogens (tertiary/aromatic N) is 1. The Morgan fingerprint density at radius 1 is 1.47 bits per heavy atom. The largest absolute Gasteiger partial charge is 0.373 e. The second kappa shape index (κ2) is 4.93. The summed E-state index contributed by atoms with van der Waals surface area (Å²) in [4.78, 5) is 10.1. The first-order valence-electron chi connectivity index (χ1n) is 5.39. The summed E-state index contributed by atoms with van der Waals surface area (Å²) in [6, 6.07) is 1.44. The van der Waals surface area contributed by atoms with E-state index in [4.69, 9.17) is 11.6 Å². The van der Waals surface area contributed by atoms with Gasteiger partial charge >= 0.3 is 0 Å². The van der Waals surface area contributed by atoms with Gasteiger partial charge in [0, 0.05) is 12.1 Å². The lowest BCUT2D eigenvalue weighted by Crippen LogP contribution is -2.22. The van der Waals surface area contributed by atoms with Gasteiger partial charge in [-0.2, -0.15) is 0 Å². The zero-order valence-electron chi connectivity index (χ0n) is 9.60. The van der Waals surface area contributed by atoms with Crippen molar-refractivity contribution < 1.29 is 17.7 Å². The van der Waals surface area contributed by atoms with Gasteiger partial charge in [-0.1, -0.05) is 11.6 Å². The molecule has 1 atom stereocenters. The fraction of sp³-hybridized carbons (Fsp3) is 0.400. The predicted octanol–water partition coefficient (Wildman–Crippen LogP) is 1.99. The highest BCUT2D eigenvalue weighted by molar-refractivity contribution is 7.91. The summed E-state index contributed by atoms with van der Waals surface area (Å²) in [5.74, 6) is -1.04. The summed E-state index contributed by atoms with van der Waals surface area (Å²) in [6.07, 6.45) is 0.293. The maximum atomic E-state index is 13.7. The lowest BCUT2D eigenvalue weighted by molar-refractivity contribution is -0.384. The van der Waals surface area contributed by atoms with Crippen molar-refractivity contribution in [2.24, 2.45) is 0 Å². The third-order valence-corrected chi connectivity index (χ3v) is 4.80. The lowest BCUT2D eigenvalue weighted by atomic mass is 10.2. The molecule has 1 heterocycles. The Labute approximate surface area is 113 Å². The van der Waals surface area contributed by atoms with E-state index >= 15 is 0 Å². The molecule has 6 nitrogen and oxygen atoms in total. The van der Waals surface area contributed by atoms with Crippen LogP contribution in [-0.4, -0.2) is 30.9 Å². The minimum atomic E-state index is -3.15. The van der Waals surface area contributed by atoms with Gasteiger partial charge in [-0.25, -0.2) is 12.8 Å². The van der Waals surface area contributed by atoms with Crippen LogP contribution >= 0.6 is 11.6 Å². The van der Waals surface area contributed by atoms with Gasteiger partial charge < -0.3 is 5.32 Å². The second-order valence-electron chi connectivity index (χ2n) is 4.28. The van der Waals surface area contributed by atoms with Crippen molar-refractivity contribution >= 4 is 32.8 Å². The van der Waals surface area contributed by atoms with Crippen LogP contribution in [0.5, 0.6) is 0 Å². The summed E-state index contributed by atoms with van der Waals surface area (Å²) < 4.78 is 36.3. The van der Waals surface area contributed by atoms with Crippen molar-refractivity contribution in [2.45, 2.75) is 12.5 Å². The van der Waals surface area contributed by atoms with Gasteiger partial charge in [0.1, 0.15) is 5.69 Å². The molecule has 1 aromatic rings. The number of nitro groups is 1. The lowest BCUT2D eigenvalue weighted by Gasteiger charge is -2.13. The number of nitro benzene ring substituents is 1. The molecule has 1 saturated heterocycles. The molecule has 1 aromatic carbocycles. The van der Waals surface area contributed by atoms with Gasteiger partial charge in [-0.05, 0) is 12.5 Å². The molecule has 0 spiro atoms. The minimum absolute atomic E-state index is 0.00628. The maximum Gasteiger partial charge on any atom is 0.296 e. The van der Waals surface area contributed by atoms with E-state index in [0.717, 1.165) is 12.1 Å². The van der Waals surface area contributed by atoms with Crippen LogP contribution in [0.3, 0.4) is 0 Å². The number of nitrogens with one attached hydrogen (secondary N) is 1. The third-order valence-electron chi connectivity index (χ3n) is 2.81. The van der Waals surface area contributed by atoms with Gasteiger partial charge in [0.2, 0.25) is 0 Å². The molecule has 9 heteroatoms. The molecule has 1 aliphatic rings. The molecule has 0 saturated carbocycles. The molecule has 1 fully saturated rings. The summed E-state index contributed by atoms with van der Waals surface area (Å²) >= 11 is 5.56. The van der Waals surface area contributed by atoms with Crippen LogP contribution in [0, 0.1) is 15.9 Å². The number of rotatable bonds is 3. The van der Waals surface area contributed by atoms with E-state index in [9.17, 15) is 22.9 Å². The fourth-order valence-electron chi connectivity index (χ4n) is 1.96. The van der Waals surface area contributed by atoms with E-state index in [2.05, 4.69) is 5.32 Å². The zero-order chi connectivity index (χ0) is 14.2. The molecule has 2 rings (SSSR count). The van der Waals surface area contributed by atoms with Crippen LogP contribution < -0.4 is 5.32 Å². The molecule has 0 aliphatic carbocycles. The molecule has 19 heavy (non-hydrogen) atoms. The average Bonchev–Trinajstić information content (AvgIpc) is 2.61. The van der Waals surface area contributed by atoms with E-state index in [-0.39, 0.29) is 22.2 Å². The molecule has 0 aromatic heterocycles. The topological polar surface area (TPSA) is 89.3 Å². The molecular formula is C10H10ClFN2O4S. The van der Waals surface area contributed by atoms with Gasteiger partial charge in [0.25, 0.3) is 5.69 Å². The van der Waals surface area contributed by atoms with Crippen molar-refractivity contribution in [3.63, 3.8) is 0 Å². The number of benzene rings is 1. The van der Waals surface area contributed by atoms with Crippen molar-refractivity contribution in [1.82, 2.24) is 0 Å². The molecule has 0 bridgehead atoms. The normalized spacial score (nSPS) is 21.3. The Morgan fingerprint density at radius 2 is 2.16 bits per heavy atom. The first kappa shape index (κ1) is 14.0. The van der Waals surface area contributed by atoms with Crippen LogP contribution in [0.2, 0.25) is 5.02 Å². The molecule has 0 radical (unpaired) electrons. The van der Waals surface area contributed by atoms with E-state index in [1.807, 2.05) is 0 Å². The molecule has 1 aliphatic heterocycles. The van der Waals surface area contributed by atoms with E-state index in [0.29, 0.717) is 6.42 Å². The molecule has 0 unspecified atom stereocenters. The van der Waals surface area contributed by atoms with Gasteiger partial charge in [-0.3, -0.25) is 10.1 Å². The summed E-state index contributed by atoms with van der Waals surface area (Å²) in [6.45, 7) is 0. The van der Waals surface area contributed by atoms with Crippen molar-refractivity contribution in [3.8, 4) is 0 Å². The van der Waals surface area contributed by atoms with E-state index in [1.165, 1.54) is 0 Å². The zero-order valence-corrected chi connectivity index (χ0v) is 11.2. The predicted molar refractivity (Wildman–Crippen MR) is 68.7 cm³/mol. The van der Waals surface area contributed by atoms with Crippen LogP contribution in [-0.2, 0) is 9.84 Å². The Kier molecular flexibility index (Phi) is 3.64. The van der Waals surface area contributed by atoms with Crippen LogP contribution in [0.25, 0.3) is 0 Å². The van der Waals surface area contributed by atoms with Crippen LogP contribution in [0.1, 0.15) is 6.42 Å². The molecule has 0 amide bonds. The van der Waals surface area contributed by atoms with Gasteiger partial charge in [0.15, 0.2) is 15.7 Å². The number of hydrogen-bond donors (Lipinski definition) is 1. The maximum absolute atomic E-state index is 13.7. The quantitative estimate of drug-likeness (QED) is 0.681. The van der Waals surface area contributed by atoms with Crippen molar-refractivity contribution in [2.75, 3.05) is 16.8 Å². The summed E-state index contributed by atoms with van der Waals surface area (Å²) in [7, 11) is -3.15. The van der Waals surface area contributed by atoms with Crippen molar-refractivity contribution in [3.05, 3.63) is 33.1 Å². The minimum Gasteiger partial charge on any atom is -0.373 e. The van der Waals surface area contributed by atoms with Gasteiger partial charge in [-0.15, -0.1) is 0 Å². The smallest absolute Gasteiger partial charge is 0.296 e. The number of sulfone groups is 1.